The minimum Gasteiger partial charge on any atom is -0.466 e. The Hall–Kier alpha value is -3.14. The summed E-state index contributed by atoms with van der Waals surface area (Å²) in [6.07, 6.45) is 10.1. The van der Waals surface area contributed by atoms with E-state index in [0.717, 1.165) is 49.9 Å². The van der Waals surface area contributed by atoms with Crippen LogP contribution in [-0.2, 0) is 48.7 Å². The molecule has 0 saturated carbocycles. The molecule has 0 spiro atoms. The second-order valence-electron chi connectivity index (χ2n) is 8.44. The molecule has 4 heteroatoms. The molecule has 0 radical (unpaired) electrons. The van der Waals surface area contributed by atoms with Crippen LogP contribution in [0, 0.1) is 0 Å². The van der Waals surface area contributed by atoms with Crippen LogP contribution in [0.2, 0.25) is 0 Å². The van der Waals surface area contributed by atoms with Crippen molar-refractivity contribution in [1.29, 1.82) is 0 Å². The van der Waals surface area contributed by atoms with Crippen LogP contribution >= 0.6 is 0 Å². The highest BCUT2D eigenvalue weighted by Gasteiger charge is 2.10. The number of aromatic nitrogens is 2. The minimum atomic E-state index is -0.119. The van der Waals surface area contributed by atoms with E-state index >= 15 is 0 Å². The molecule has 3 rings (SSSR count). The zero-order valence-corrected chi connectivity index (χ0v) is 24.3. The monoisotopic (exact) mass is 504 g/mol. The molecule has 1 aromatic heterocycles. The van der Waals surface area contributed by atoms with Crippen molar-refractivity contribution < 1.29 is 9.53 Å². The zero-order valence-electron chi connectivity index (χ0n) is 24.3. The summed E-state index contributed by atoms with van der Waals surface area (Å²) in [6.45, 7) is 16.3. The molecule has 1 heterocycles. The molecule has 0 amide bonds. The molecule has 0 aliphatic heterocycles. The third-order valence-corrected chi connectivity index (χ3v) is 6.13. The van der Waals surface area contributed by atoms with Crippen LogP contribution in [0.5, 0.6) is 0 Å². The van der Waals surface area contributed by atoms with E-state index in [4.69, 9.17) is 4.74 Å². The summed E-state index contributed by atoms with van der Waals surface area (Å²) >= 11 is 0. The lowest BCUT2D eigenvalue weighted by Crippen LogP contribution is -2.06. The molecule has 3 aromatic rings. The van der Waals surface area contributed by atoms with E-state index in [1.165, 1.54) is 27.9 Å². The Balaban J connectivity index is 0.00000163. The second kappa shape index (κ2) is 18.2. The highest BCUT2D eigenvalue weighted by atomic mass is 16.5. The summed E-state index contributed by atoms with van der Waals surface area (Å²) in [5, 5.41) is 0. The number of esters is 1. The Morgan fingerprint density at radius 1 is 0.946 bits per heavy atom. The largest absolute Gasteiger partial charge is 0.466 e. The molecule has 0 saturated heterocycles. The van der Waals surface area contributed by atoms with Crippen molar-refractivity contribution in [2.45, 2.75) is 86.5 Å². The fraction of sp³-hybridized carbons (Fsp3) is 0.455. The van der Waals surface area contributed by atoms with Crippen molar-refractivity contribution in [3.8, 4) is 11.4 Å². The number of hydrogen-bond acceptors (Lipinski definition) is 3. The van der Waals surface area contributed by atoms with Gasteiger partial charge >= 0.3 is 5.97 Å². The van der Waals surface area contributed by atoms with Gasteiger partial charge in [-0.3, -0.25) is 4.79 Å². The summed E-state index contributed by atoms with van der Waals surface area (Å²) in [6, 6.07) is 15.3. The second-order valence-corrected chi connectivity index (χ2v) is 8.44. The summed E-state index contributed by atoms with van der Waals surface area (Å²) < 4.78 is 7.27. The van der Waals surface area contributed by atoms with Crippen molar-refractivity contribution >= 4 is 5.97 Å². The molecule has 202 valence electrons. The van der Waals surface area contributed by atoms with Gasteiger partial charge in [0.15, 0.2) is 0 Å². The summed E-state index contributed by atoms with van der Waals surface area (Å²) in [4.78, 5) is 16.4. The number of carbonyl (C=O) groups excluding carboxylic acids is 1. The van der Waals surface area contributed by atoms with E-state index in [1.807, 2.05) is 46.9 Å². The van der Waals surface area contributed by atoms with Crippen molar-refractivity contribution in [3.05, 3.63) is 89.3 Å². The Kier molecular flexibility index (Phi) is 15.6. The van der Waals surface area contributed by atoms with Crippen molar-refractivity contribution in [3.63, 3.8) is 0 Å². The molecule has 0 aliphatic rings. The van der Waals surface area contributed by atoms with E-state index in [9.17, 15) is 4.79 Å². The van der Waals surface area contributed by atoms with Gasteiger partial charge in [0.1, 0.15) is 5.82 Å². The Morgan fingerprint density at radius 2 is 1.62 bits per heavy atom. The van der Waals surface area contributed by atoms with E-state index in [0.29, 0.717) is 13.0 Å². The zero-order chi connectivity index (χ0) is 27.6. The highest BCUT2D eigenvalue weighted by Crippen LogP contribution is 2.21. The maximum atomic E-state index is 11.7. The predicted octanol–water partition coefficient (Wildman–Crippen LogP) is 8.10. The summed E-state index contributed by atoms with van der Waals surface area (Å²) in [7, 11) is 2.10. The predicted molar refractivity (Wildman–Crippen MR) is 158 cm³/mol. The molecular formula is C33H48N2O2. The molecule has 0 aliphatic carbocycles. The van der Waals surface area contributed by atoms with Gasteiger partial charge in [0.2, 0.25) is 0 Å². The molecule has 0 atom stereocenters. The number of imidazole rings is 1. The fourth-order valence-corrected chi connectivity index (χ4v) is 4.25. The van der Waals surface area contributed by atoms with Gasteiger partial charge < -0.3 is 9.30 Å². The smallest absolute Gasteiger partial charge is 0.306 e. The van der Waals surface area contributed by atoms with E-state index < -0.39 is 0 Å². The number of aryl methyl sites for hydroxylation is 4. The summed E-state index contributed by atoms with van der Waals surface area (Å²) in [5.41, 5.74) is 7.60. The average Bonchev–Trinajstić information content (AvgIpc) is 3.30. The lowest BCUT2D eigenvalue weighted by atomic mass is 9.96. The van der Waals surface area contributed by atoms with Crippen LogP contribution in [0.15, 0.2) is 61.3 Å². The van der Waals surface area contributed by atoms with Gasteiger partial charge in [-0.05, 0) is 67.7 Å². The van der Waals surface area contributed by atoms with Crippen LogP contribution in [0.3, 0.4) is 0 Å². The van der Waals surface area contributed by atoms with Crippen LogP contribution in [0.25, 0.3) is 11.4 Å². The molecule has 0 N–H and O–H groups in total. The van der Waals surface area contributed by atoms with Crippen molar-refractivity contribution in [1.82, 2.24) is 9.55 Å². The number of ether oxygens (including phenoxy) is 1. The van der Waals surface area contributed by atoms with Crippen LogP contribution < -0.4 is 0 Å². The molecule has 0 fully saturated rings. The average molecular weight is 505 g/mol. The molecule has 4 nitrogen and oxygen atoms in total. The molecule has 0 bridgehead atoms. The number of rotatable bonds is 12. The first-order valence-electron chi connectivity index (χ1n) is 14.0. The topological polar surface area (TPSA) is 44.1 Å². The maximum Gasteiger partial charge on any atom is 0.306 e. The molecular weight excluding hydrogens is 456 g/mol. The summed E-state index contributed by atoms with van der Waals surface area (Å²) in [5.74, 6) is 0.890. The van der Waals surface area contributed by atoms with E-state index in [-0.39, 0.29) is 5.97 Å². The Bertz CT molecular complexity index is 1060. The standard InChI is InChI=1S/C29H36N2O2.2C2H6/c1-5-9-22-12-16-26(17-13-22)29-30-21-27(31(29)4)11-8-10-23-14-15-25(24(6-2)20-23)18-19-28(32)33-7-3;2*1-2/h5,12-17,20-21H,1,6-11,18-19H2,2-4H3;2*1-2H3. The third-order valence-electron chi connectivity index (χ3n) is 6.13. The number of benzene rings is 2. The number of nitrogens with zero attached hydrogens (tertiary/aromatic N) is 2. The Labute approximate surface area is 225 Å². The van der Waals surface area contributed by atoms with Gasteiger partial charge in [-0.25, -0.2) is 4.98 Å². The van der Waals surface area contributed by atoms with Gasteiger partial charge in [0.05, 0.1) is 6.61 Å². The van der Waals surface area contributed by atoms with E-state index in [1.54, 1.807) is 0 Å². The molecule has 37 heavy (non-hydrogen) atoms. The first kappa shape index (κ1) is 31.9. The van der Waals surface area contributed by atoms with Gasteiger partial charge in [-0.1, -0.05) is 83.2 Å². The van der Waals surface area contributed by atoms with Gasteiger partial charge in [-0.15, -0.1) is 6.58 Å². The van der Waals surface area contributed by atoms with Crippen LogP contribution in [0.4, 0.5) is 0 Å². The third kappa shape index (κ3) is 10.0. The maximum absolute atomic E-state index is 11.7. The van der Waals surface area contributed by atoms with Gasteiger partial charge in [0.25, 0.3) is 0 Å². The van der Waals surface area contributed by atoms with Gasteiger partial charge in [0, 0.05) is 30.9 Å². The lowest BCUT2D eigenvalue weighted by molar-refractivity contribution is -0.143. The number of hydrogen-bond donors (Lipinski definition) is 0. The first-order chi connectivity index (χ1) is 18.0. The van der Waals surface area contributed by atoms with Crippen molar-refractivity contribution in [2.24, 2.45) is 7.05 Å². The lowest BCUT2D eigenvalue weighted by Gasteiger charge is -2.11. The number of carbonyl (C=O) groups is 1. The van der Waals surface area contributed by atoms with E-state index in [2.05, 4.69) is 72.6 Å². The fourth-order valence-electron chi connectivity index (χ4n) is 4.25. The molecule has 0 unspecified atom stereocenters. The van der Waals surface area contributed by atoms with Crippen LogP contribution in [0.1, 0.15) is 82.3 Å². The normalized spacial score (nSPS) is 10.0. The highest BCUT2D eigenvalue weighted by molar-refractivity contribution is 5.69. The molecule has 2 aromatic carbocycles. The minimum absolute atomic E-state index is 0.119. The first-order valence-corrected chi connectivity index (χ1v) is 14.0. The van der Waals surface area contributed by atoms with Crippen LogP contribution in [-0.4, -0.2) is 22.1 Å². The SMILES string of the molecule is C=CCc1ccc(-c2ncc(CCCc3ccc(CCC(=O)OCC)c(CC)c3)n2C)cc1.CC.CC. The Morgan fingerprint density at radius 3 is 2.24 bits per heavy atom. The number of allylic oxidation sites excluding steroid dienone is 1. The quantitative estimate of drug-likeness (QED) is 0.185. The van der Waals surface area contributed by atoms with Crippen molar-refractivity contribution in [2.75, 3.05) is 6.61 Å². The van der Waals surface area contributed by atoms with Gasteiger partial charge in [-0.2, -0.15) is 0 Å².